The highest BCUT2D eigenvalue weighted by Gasteiger charge is 2.15. The van der Waals surface area contributed by atoms with Crippen LogP contribution in [0.5, 0.6) is 0 Å². The number of likely N-dealkylation sites (tertiary alicyclic amines) is 1. The van der Waals surface area contributed by atoms with Crippen molar-refractivity contribution < 1.29 is 5.11 Å². The zero-order chi connectivity index (χ0) is 13.1. The van der Waals surface area contributed by atoms with E-state index < -0.39 is 0 Å². The number of hydrogen-bond acceptors (Lipinski definition) is 3. The van der Waals surface area contributed by atoms with Gasteiger partial charge in [-0.25, -0.2) is 4.98 Å². The molecule has 102 valence electrons. The molecule has 0 spiro atoms. The smallest absolute Gasteiger partial charge is 0.0959 e. The van der Waals surface area contributed by atoms with Crippen molar-refractivity contribution in [3.8, 4) is 0 Å². The van der Waals surface area contributed by atoms with Crippen molar-refractivity contribution in [2.24, 2.45) is 0 Å². The third-order valence-electron chi connectivity index (χ3n) is 3.85. The summed E-state index contributed by atoms with van der Waals surface area (Å²) in [5.41, 5.74) is 2.09. The Balaban J connectivity index is 1.63. The molecule has 1 aromatic heterocycles. The van der Waals surface area contributed by atoms with Crippen molar-refractivity contribution in [3.63, 3.8) is 0 Å². The predicted octanol–water partition coefficient (Wildman–Crippen LogP) is 1.88. The highest BCUT2D eigenvalue weighted by Crippen LogP contribution is 2.13. The second-order valence-electron chi connectivity index (χ2n) is 5.40. The van der Waals surface area contributed by atoms with E-state index in [0.717, 1.165) is 30.7 Å². The summed E-state index contributed by atoms with van der Waals surface area (Å²) < 4.78 is 2.05. The summed E-state index contributed by atoms with van der Waals surface area (Å²) in [7, 11) is 0. The zero-order valence-corrected chi connectivity index (χ0v) is 11.2. The molecule has 1 atom stereocenters. The number of aliphatic hydroxyl groups excluding tert-OH is 1. The Kier molecular flexibility index (Phi) is 3.80. The van der Waals surface area contributed by atoms with Crippen LogP contribution in [0.3, 0.4) is 0 Å². The van der Waals surface area contributed by atoms with Gasteiger partial charge in [-0.3, -0.25) is 0 Å². The quantitative estimate of drug-likeness (QED) is 0.911. The summed E-state index contributed by atoms with van der Waals surface area (Å²) >= 11 is 0. The van der Waals surface area contributed by atoms with E-state index in [-0.39, 0.29) is 6.10 Å². The summed E-state index contributed by atoms with van der Waals surface area (Å²) in [6, 6.07) is 8.06. The second-order valence-corrected chi connectivity index (χ2v) is 5.40. The maximum Gasteiger partial charge on any atom is 0.0959 e. The number of hydrogen-bond donors (Lipinski definition) is 1. The summed E-state index contributed by atoms with van der Waals surface area (Å²) in [5, 5.41) is 10.2. The molecule has 1 aliphatic heterocycles. The van der Waals surface area contributed by atoms with E-state index >= 15 is 0 Å². The van der Waals surface area contributed by atoms with Crippen molar-refractivity contribution >= 4 is 11.0 Å². The number of β-amino-alcohol motifs (C(OH)–C–C–N with tert-alkyl or cyclic N) is 1. The molecule has 0 amide bonds. The first kappa shape index (κ1) is 12.6. The molecule has 0 bridgehead atoms. The molecule has 4 nitrogen and oxygen atoms in total. The molecule has 1 unspecified atom stereocenters. The van der Waals surface area contributed by atoms with Gasteiger partial charge in [0.25, 0.3) is 0 Å². The van der Waals surface area contributed by atoms with E-state index in [1.807, 2.05) is 29.1 Å². The molecule has 3 rings (SSSR count). The average molecular weight is 259 g/mol. The van der Waals surface area contributed by atoms with E-state index in [1.165, 1.54) is 19.3 Å². The van der Waals surface area contributed by atoms with Crippen LogP contribution in [0.2, 0.25) is 0 Å². The first-order valence-electron chi connectivity index (χ1n) is 7.13. The number of aliphatic hydroxyl groups is 1. The fourth-order valence-electron chi connectivity index (χ4n) is 2.88. The van der Waals surface area contributed by atoms with Crippen molar-refractivity contribution in [2.75, 3.05) is 19.6 Å². The Bertz CT molecular complexity index is 531. The molecule has 4 heteroatoms. The lowest BCUT2D eigenvalue weighted by Crippen LogP contribution is -2.37. The molecule has 1 N–H and O–H groups in total. The van der Waals surface area contributed by atoms with Crippen LogP contribution in [-0.2, 0) is 6.54 Å². The van der Waals surface area contributed by atoms with Crippen LogP contribution >= 0.6 is 0 Å². The molecule has 1 saturated heterocycles. The summed E-state index contributed by atoms with van der Waals surface area (Å²) in [6.45, 7) is 3.65. The van der Waals surface area contributed by atoms with Crippen LogP contribution in [0.15, 0.2) is 30.6 Å². The van der Waals surface area contributed by atoms with E-state index in [2.05, 4.69) is 16.0 Å². The van der Waals surface area contributed by atoms with E-state index in [1.54, 1.807) is 0 Å². The van der Waals surface area contributed by atoms with Crippen LogP contribution in [0.25, 0.3) is 11.0 Å². The Morgan fingerprint density at radius 2 is 1.89 bits per heavy atom. The van der Waals surface area contributed by atoms with Crippen LogP contribution in [0, 0.1) is 0 Å². The van der Waals surface area contributed by atoms with Gasteiger partial charge in [0.1, 0.15) is 0 Å². The number of benzene rings is 1. The van der Waals surface area contributed by atoms with E-state index in [9.17, 15) is 5.11 Å². The number of aromatic nitrogens is 2. The Morgan fingerprint density at radius 3 is 2.74 bits per heavy atom. The molecule has 2 heterocycles. The molecular formula is C15H21N3O. The SMILES string of the molecule is OC(CN1CCCCC1)Cn1cnc2ccccc21. The fraction of sp³-hybridized carbons (Fsp3) is 0.533. The first-order valence-corrected chi connectivity index (χ1v) is 7.13. The lowest BCUT2D eigenvalue weighted by atomic mass is 10.1. The second kappa shape index (κ2) is 5.72. The maximum absolute atomic E-state index is 10.2. The van der Waals surface area contributed by atoms with Gasteiger partial charge >= 0.3 is 0 Å². The van der Waals surface area contributed by atoms with Gasteiger partial charge in [-0.1, -0.05) is 18.6 Å². The fourth-order valence-corrected chi connectivity index (χ4v) is 2.88. The monoisotopic (exact) mass is 259 g/mol. The highest BCUT2D eigenvalue weighted by molar-refractivity contribution is 5.74. The van der Waals surface area contributed by atoms with Gasteiger partial charge in [-0.15, -0.1) is 0 Å². The predicted molar refractivity (Wildman–Crippen MR) is 76.0 cm³/mol. The Morgan fingerprint density at radius 1 is 1.11 bits per heavy atom. The van der Waals surface area contributed by atoms with Gasteiger partial charge in [0.15, 0.2) is 0 Å². The Hall–Kier alpha value is -1.39. The zero-order valence-electron chi connectivity index (χ0n) is 11.2. The number of imidazole rings is 1. The topological polar surface area (TPSA) is 41.3 Å². The molecular weight excluding hydrogens is 238 g/mol. The standard InChI is InChI=1S/C15H21N3O/c19-13(10-17-8-4-1-5-9-17)11-18-12-16-14-6-2-3-7-15(14)18/h2-3,6-7,12-13,19H,1,4-5,8-11H2. The molecule has 1 aromatic carbocycles. The van der Waals surface area contributed by atoms with Crippen LogP contribution in [0.4, 0.5) is 0 Å². The van der Waals surface area contributed by atoms with Crippen molar-refractivity contribution in [2.45, 2.75) is 31.9 Å². The normalized spacial score (nSPS) is 18.8. The Labute approximate surface area is 113 Å². The van der Waals surface area contributed by atoms with E-state index in [0.29, 0.717) is 6.54 Å². The molecule has 19 heavy (non-hydrogen) atoms. The summed E-state index contributed by atoms with van der Waals surface area (Å²) in [4.78, 5) is 6.73. The molecule has 0 saturated carbocycles. The third kappa shape index (κ3) is 2.96. The largest absolute Gasteiger partial charge is 0.390 e. The lowest BCUT2D eigenvalue weighted by Gasteiger charge is -2.28. The van der Waals surface area contributed by atoms with Gasteiger partial charge < -0.3 is 14.6 Å². The molecule has 1 aliphatic rings. The number of fused-ring (bicyclic) bond motifs is 1. The van der Waals surface area contributed by atoms with Gasteiger partial charge in [0.05, 0.1) is 30.0 Å². The molecule has 0 aliphatic carbocycles. The third-order valence-corrected chi connectivity index (χ3v) is 3.85. The molecule has 2 aromatic rings. The van der Waals surface area contributed by atoms with Crippen LogP contribution in [0.1, 0.15) is 19.3 Å². The minimum absolute atomic E-state index is 0.323. The minimum atomic E-state index is -0.323. The van der Waals surface area contributed by atoms with Crippen molar-refractivity contribution in [1.82, 2.24) is 14.5 Å². The summed E-state index contributed by atoms with van der Waals surface area (Å²) in [6.07, 6.45) is 5.36. The maximum atomic E-state index is 10.2. The number of rotatable bonds is 4. The number of nitrogens with zero attached hydrogens (tertiary/aromatic N) is 3. The number of para-hydroxylation sites is 2. The number of piperidine rings is 1. The molecule has 0 radical (unpaired) electrons. The minimum Gasteiger partial charge on any atom is -0.390 e. The van der Waals surface area contributed by atoms with Gasteiger partial charge in [-0.2, -0.15) is 0 Å². The molecule has 1 fully saturated rings. The lowest BCUT2D eigenvalue weighted by molar-refractivity contribution is 0.0891. The van der Waals surface area contributed by atoms with Gasteiger partial charge in [0.2, 0.25) is 0 Å². The summed E-state index contributed by atoms with van der Waals surface area (Å²) in [5.74, 6) is 0. The van der Waals surface area contributed by atoms with E-state index in [4.69, 9.17) is 0 Å². The van der Waals surface area contributed by atoms with Gasteiger partial charge in [0, 0.05) is 6.54 Å². The average Bonchev–Trinajstić information content (AvgIpc) is 2.83. The van der Waals surface area contributed by atoms with Crippen LogP contribution in [-0.4, -0.2) is 45.3 Å². The van der Waals surface area contributed by atoms with Crippen molar-refractivity contribution in [1.29, 1.82) is 0 Å². The van der Waals surface area contributed by atoms with Crippen LogP contribution < -0.4 is 0 Å². The first-order chi connectivity index (χ1) is 9.33. The highest BCUT2D eigenvalue weighted by atomic mass is 16.3. The van der Waals surface area contributed by atoms with Crippen molar-refractivity contribution in [3.05, 3.63) is 30.6 Å². The van der Waals surface area contributed by atoms with Gasteiger partial charge in [-0.05, 0) is 38.1 Å².